The molecule has 0 heterocycles. The lowest BCUT2D eigenvalue weighted by molar-refractivity contribution is -0.141. The summed E-state index contributed by atoms with van der Waals surface area (Å²) in [7, 11) is 1.17. The number of amides is 2. The van der Waals surface area contributed by atoms with Gasteiger partial charge in [-0.1, -0.05) is 67.6 Å². The van der Waals surface area contributed by atoms with Crippen molar-refractivity contribution in [2.75, 3.05) is 34.4 Å². The molecule has 0 aliphatic carbocycles. The molecule has 0 radical (unpaired) electrons. The Morgan fingerprint density at radius 2 is 1.39 bits per heavy atom. The summed E-state index contributed by atoms with van der Waals surface area (Å²) in [5.74, 6) is 1.47. The van der Waals surface area contributed by atoms with Crippen LogP contribution in [0.4, 0.5) is 0 Å². The van der Waals surface area contributed by atoms with Gasteiger partial charge >= 0.3 is 0 Å². The smallest absolute Gasteiger partial charge is 0.243 e. The number of aryl methyl sites for hydroxylation is 1. The third-order valence-electron chi connectivity index (χ3n) is 8.14. The molecule has 0 spiro atoms. The van der Waals surface area contributed by atoms with E-state index in [4.69, 9.17) is 14.2 Å². The number of carbonyl (C=O) groups excluding carboxylic acids is 2. The molecule has 1 atom stereocenters. The Hall–Kier alpha value is -4.87. The van der Waals surface area contributed by atoms with E-state index in [0.29, 0.717) is 43.1 Å². The van der Waals surface area contributed by atoms with Gasteiger partial charge in [-0.05, 0) is 71.5 Å². The minimum Gasteiger partial charge on any atom is -0.497 e. The van der Waals surface area contributed by atoms with Crippen molar-refractivity contribution in [1.82, 2.24) is 14.9 Å². The second kappa shape index (κ2) is 18.0. The van der Waals surface area contributed by atoms with Crippen LogP contribution in [0.3, 0.4) is 0 Å². The van der Waals surface area contributed by atoms with Crippen molar-refractivity contribution in [3.63, 3.8) is 0 Å². The molecular formula is C38H45N3O7S. The number of sulfonamides is 1. The van der Waals surface area contributed by atoms with Crippen molar-refractivity contribution < 1.29 is 32.2 Å². The summed E-state index contributed by atoms with van der Waals surface area (Å²) in [6, 6.07) is 28.4. The van der Waals surface area contributed by atoms with E-state index in [2.05, 4.69) is 10.0 Å². The minimum atomic E-state index is -3.58. The van der Waals surface area contributed by atoms with Gasteiger partial charge in [0.05, 0.1) is 26.2 Å². The molecule has 0 bridgehead atoms. The fraction of sp³-hybridized carbons (Fsp3) is 0.316. The van der Waals surface area contributed by atoms with Crippen LogP contribution in [0.2, 0.25) is 0 Å². The van der Waals surface area contributed by atoms with Crippen LogP contribution in [0.25, 0.3) is 0 Å². The second-order valence-electron chi connectivity index (χ2n) is 11.5. The molecule has 2 amide bonds. The number of hydrogen-bond acceptors (Lipinski definition) is 7. The lowest BCUT2D eigenvalue weighted by atomic mass is 10.0. The molecule has 0 aliphatic heterocycles. The first kappa shape index (κ1) is 37.0. The van der Waals surface area contributed by atoms with Crippen LogP contribution in [-0.2, 0) is 45.4 Å². The summed E-state index contributed by atoms with van der Waals surface area (Å²) >= 11 is 0. The van der Waals surface area contributed by atoms with Crippen LogP contribution in [0.5, 0.6) is 17.2 Å². The van der Waals surface area contributed by atoms with E-state index in [9.17, 15) is 18.0 Å². The summed E-state index contributed by atoms with van der Waals surface area (Å²) in [5, 5.41) is 3.07. The van der Waals surface area contributed by atoms with Gasteiger partial charge in [-0.3, -0.25) is 9.59 Å². The van der Waals surface area contributed by atoms with Crippen LogP contribution < -0.4 is 24.2 Å². The van der Waals surface area contributed by atoms with Gasteiger partial charge in [0.2, 0.25) is 21.8 Å². The first-order valence-electron chi connectivity index (χ1n) is 16.2. The van der Waals surface area contributed by atoms with Gasteiger partial charge in [-0.25, -0.2) is 13.1 Å². The molecule has 11 heteroatoms. The van der Waals surface area contributed by atoms with E-state index in [1.165, 1.54) is 12.1 Å². The zero-order valence-electron chi connectivity index (χ0n) is 28.5. The van der Waals surface area contributed by atoms with Gasteiger partial charge in [0.25, 0.3) is 0 Å². The topological polar surface area (TPSA) is 123 Å². The van der Waals surface area contributed by atoms with Crippen molar-refractivity contribution in [3.05, 3.63) is 119 Å². The average Bonchev–Trinajstić information content (AvgIpc) is 3.12. The maximum absolute atomic E-state index is 14.1. The number of methoxy groups -OCH3 is 3. The Labute approximate surface area is 289 Å². The highest BCUT2D eigenvalue weighted by Crippen LogP contribution is 2.27. The highest BCUT2D eigenvalue weighted by Gasteiger charge is 2.30. The highest BCUT2D eigenvalue weighted by atomic mass is 32.2. The standard InChI is InChI=1S/C38H45N3O7S/c1-5-40-49(44,45)33-19-13-28(14-20-33)16-22-37(42)41(27-31-11-17-32(46-2)18-12-31)34(25-29-9-7-6-8-10-29)38(43)39-24-23-30-15-21-35(47-3)36(26-30)48-4/h6-15,17-21,26,34,40H,5,16,22-25,27H2,1-4H3,(H,39,43)/t34-/m0/s1. The van der Waals surface area contributed by atoms with Gasteiger partial charge in [-0.2, -0.15) is 0 Å². The molecule has 0 saturated heterocycles. The number of rotatable bonds is 18. The molecule has 4 aromatic carbocycles. The largest absolute Gasteiger partial charge is 0.497 e. The Bertz CT molecular complexity index is 1760. The second-order valence-corrected chi connectivity index (χ2v) is 13.2. The molecule has 49 heavy (non-hydrogen) atoms. The third kappa shape index (κ3) is 10.6. The highest BCUT2D eigenvalue weighted by molar-refractivity contribution is 7.89. The molecule has 0 aliphatic rings. The average molecular weight is 688 g/mol. The van der Waals surface area contributed by atoms with Crippen LogP contribution in [0, 0.1) is 0 Å². The van der Waals surface area contributed by atoms with Crippen LogP contribution in [0.1, 0.15) is 35.6 Å². The zero-order valence-corrected chi connectivity index (χ0v) is 29.3. The SMILES string of the molecule is CCNS(=O)(=O)c1ccc(CCC(=O)N(Cc2ccc(OC)cc2)[C@@H](Cc2ccccc2)C(=O)NCCc2ccc(OC)c(OC)c2)cc1. The van der Waals surface area contributed by atoms with Gasteiger partial charge in [-0.15, -0.1) is 0 Å². The Kier molecular flexibility index (Phi) is 13.6. The quantitative estimate of drug-likeness (QED) is 0.152. The molecule has 0 fully saturated rings. The van der Waals surface area contributed by atoms with Gasteiger partial charge in [0.1, 0.15) is 11.8 Å². The van der Waals surface area contributed by atoms with Crippen LogP contribution >= 0.6 is 0 Å². The van der Waals surface area contributed by atoms with E-state index >= 15 is 0 Å². The number of carbonyl (C=O) groups is 2. The normalized spacial score (nSPS) is 11.8. The Balaban J connectivity index is 1.57. The first-order chi connectivity index (χ1) is 23.7. The van der Waals surface area contributed by atoms with Crippen LogP contribution in [0.15, 0.2) is 102 Å². The number of nitrogens with zero attached hydrogens (tertiary/aromatic N) is 1. The van der Waals surface area contributed by atoms with Crippen molar-refractivity contribution >= 4 is 21.8 Å². The van der Waals surface area contributed by atoms with Gasteiger partial charge in [0, 0.05) is 32.5 Å². The molecular weight excluding hydrogens is 642 g/mol. The van der Waals surface area contributed by atoms with Crippen LogP contribution in [-0.4, -0.2) is 65.6 Å². The summed E-state index contributed by atoms with van der Waals surface area (Å²) < 4.78 is 43.3. The first-order valence-corrected chi connectivity index (χ1v) is 17.7. The van der Waals surface area contributed by atoms with Crippen molar-refractivity contribution in [1.29, 1.82) is 0 Å². The van der Waals surface area contributed by atoms with E-state index < -0.39 is 16.1 Å². The summed E-state index contributed by atoms with van der Waals surface area (Å²) in [6.07, 6.45) is 1.37. The number of hydrogen-bond donors (Lipinski definition) is 2. The summed E-state index contributed by atoms with van der Waals surface area (Å²) in [4.78, 5) is 29.9. The van der Waals surface area contributed by atoms with E-state index in [1.807, 2.05) is 72.8 Å². The summed E-state index contributed by atoms with van der Waals surface area (Å²) in [6.45, 7) is 2.57. The fourth-order valence-corrected chi connectivity index (χ4v) is 6.51. The maximum atomic E-state index is 14.1. The number of ether oxygens (including phenoxy) is 3. The lowest BCUT2D eigenvalue weighted by Crippen LogP contribution is -2.50. The lowest BCUT2D eigenvalue weighted by Gasteiger charge is -2.32. The van der Waals surface area contributed by atoms with Crippen molar-refractivity contribution in [2.24, 2.45) is 0 Å². The third-order valence-corrected chi connectivity index (χ3v) is 9.70. The molecule has 10 nitrogen and oxygen atoms in total. The maximum Gasteiger partial charge on any atom is 0.243 e. The Morgan fingerprint density at radius 3 is 2.02 bits per heavy atom. The van der Waals surface area contributed by atoms with Gasteiger partial charge in [0.15, 0.2) is 11.5 Å². The Morgan fingerprint density at radius 1 is 0.735 bits per heavy atom. The van der Waals surface area contributed by atoms with E-state index in [0.717, 1.165) is 22.3 Å². The number of nitrogens with one attached hydrogen (secondary N) is 2. The zero-order chi connectivity index (χ0) is 35.2. The molecule has 0 saturated carbocycles. The van der Waals surface area contributed by atoms with Gasteiger partial charge < -0.3 is 24.4 Å². The molecule has 0 unspecified atom stereocenters. The summed E-state index contributed by atoms with van der Waals surface area (Å²) in [5.41, 5.74) is 3.55. The molecule has 4 rings (SSSR count). The van der Waals surface area contributed by atoms with Crippen molar-refractivity contribution in [2.45, 2.75) is 50.1 Å². The monoisotopic (exact) mass is 687 g/mol. The predicted octanol–water partition coefficient (Wildman–Crippen LogP) is 4.94. The minimum absolute atomic E-state index is 0.125. The van der Waals surface area contributed by atoms with E-state index in [1.54, 1.807) is 45.3 Å². The molecule has 2 N–H and O–H groups in total. The molecule has 260 valence electrons. The number of benzene rings is 4. The molecule has 0 aromatic heterocycles. The van der Waals surface area contributed by atoms with Crippen molar-refractivity contribution in [3.8, 4) is 17.2 Å². The predicted molar refractivity (Wildman–Crippen MR) is 189 cm³/mol. The molecule has 4 aromatic rings. The van der Waals surface area contributed by atoms with E-state index in [-0.39, 0.29) is 36.2 Å². The fourth-order valence-electron chi connectivity index (χ4n) is 5.47.